The van der Waals surface area contributed by atoms with Gasteiger partial charge in [-0.2, -0.15) is 4.98 Å². The lowest BCUT2D eigenvalue weighted by atomic mass is 10.2. The summed E-state index contributed by atoms with van der Waals surface area (Å²) in [5.41, 5.74) is 0.722. The molecule has 0 saturated carbocycles. The summed E-state index contributed by atoms with van der Waals surface area (Å²) in [6.45, 7) is 1.46. The van der Waals surface area contributed by atoms with Crippen molar-refractivity contribution in [2.24, 2.45) is 0 Å². The van der Waals surface area contributed by atoms with E-state index in [-0.39, 0.29) is 6.01 Å². The maximum Gasteiger partial charge on any atom is 0.344 e. The van der Waals surface area contributed by atoms with Crippen LogP contribution in [0.4, 0.5) is 0 Å². The van der Waals surface area contributed by atoms with Crippen molar-refractivity contribution in [3.63, 3.8) is 0 Å². The summed E-state index contributed by atoms with van der Waals surface area (Å²) in [6, 6.07) is 12.1. The first-order valence-electron chi connectivity index (χ1n) is 7.11. The van der Waals surface area contributed by atoms with E-state index >= 15 is 0 Å². The van der Waals surface area contributed by atoms with E-state index in [4.69, 9.17) is 26.2 Å². The van der Waals surface area contributed by atoms with Crippen molar-refractivity contribution in [3.8, 4) is 17.5 Å². The van der Waals surface area contributed by atoms with Crippen LogP contribution in [-0.2, 0) is 4.79 Å². The van der Waals surface area contributed by atoms with E-state index in [2.05, 4.69) is 9.97 Å². The number of ether oxygens (including phenoxy) is 2. The number of hydrogen-bond acceptors (Lipinski definition) is 5. The van der Waals surface area contributed by atoms with Gasteiger partial charge in [0.05, 0.1) is 5.52 Å². The quantitative estimate of drug-likeness (QED) is 0.755. The molecule has 1 heterocycles. The summed E-state index contributed by atoms with van der Waals surface area (Å²) in [5.74, 6) is -0.0787. The van der Waals surface area contributed by atoms with Gasteiger partial charge in [-0.3, -0.25) is 0 Å². The number of carboxylic acid groups (broad SMARTS) is 1. The van der Waals surface area contributed by atoms with Crippen LogP contribution >= 0.6 is 11.6 Å². The fourth-order valence-corrected chi connectivity index (χ4v) is 2.16. The molecule has 0 spiro atoms. The topological polar surface area (TPSA) is 81.5 Å². The smallest absolute Gasteiger partial charge is 0.344 e. The Morgan fingerprint density at radius 3 is 2.58 bits per heavy atom. The van der Waals surface area contributed by atoms with Gasteiger partial charge in [-0.15, -0.1) is 0 Å². The van der Waals surface area contributed by atoms with Crippen LogP contribution in [0.2, 0.25) is 5.02 Å². The zero-order valence-electron chi connectivity index (χ0n) is 12.6. The van der Waals surface area contributed by atoms with Gasteiger partial charge < -0.3 is 14.6 Å². The molecule has 122 valence electrons. The van der Waals surface area contributed by atoms with Gasteiger partial charge in [-0.25, -0.2) is 9.78 Å². The molecule has 0 saturated heterocycles. The average Bonchev–Trinajstić information content (AvgIpc) is 2.56. The predicted molar refractivity (Wildman–Crippen MR) is 88.8 cm³/mol. The zero-order valence-corrected chi connectivity index (χ0v) is 13.4. The Morgan fingerprint density at radius 2 is 1.88 bits per heavy atom. The van der Waals surface area contributed by atoms with Gasteiger partial charge in [-0.1, -0.05) is 11.6 Å². The Hall–Kier alpha value is -2.86. The molecule has 7 heteroatoms. The van der Waals surface area contributed by atoms with E-state index in [1.165, 1.54) is 6.92 Å². The van der Waals surface area contributed by atoms with Gasteiger partial charge in [0.1, 0.15) is 11.5 Å². The fraction of sp³-hybridized carbons (Fsp3) is 0.118. The SMILES string of the molecule is C[C@@H](Oc1ccc(Oc2ncc3cc(Cl)ccc3n2)cc1)C(=O)O. The highest BCUT2D eigenvalue weighted by Gasteiger charge is 2.12. The Balaban J connectivity index is 1.74. The second kappa shape index (κ2) is 6.72. The molecule has 6 nitrogen and oxygen atoms in total. The molecule has 0 bridgehead atoms. The second-order valence-electron chi connectivity index (χ2n) is 5.03. The number of carbonyl (C=O) groups is 1. The number of nitrogens with zero attached hydrogens (tertiary/aromatic N) is 2. The first-order chi connectivity index (χ1) is 11.5. The molecule has 24 heavy (non-hydrogen) atoms. The van der Waals surface area contributed by atoms with Crippen LogP contribution in [0.25, 0.3) is 10.9 Å². The summed E-state index contributed by atoms with van der Waals surface area (Å²) in [6.07, 6.45) is 0.711. The van der Waals surface area contributed by atoms with Crippen molar-refractivity contribution in [1.29, 1.82) is 0 Å². The van der Waals surface area contributed by atoms with Crippen LogP contribution in [-0.4, -0.2) is 27.1 Å². The molecular weight excluding hydrogens is 332 g/mol. The minimum absolute atomic E-state index is 0.206. The molecule has 2 aromatic carbocycles. The Labute approximate surface area is 142 Å². The number of halogens is 1. The summed E-state index contributed by atoms with van der Waals surface area (Å²) >= 11 is 5.92. The van der Waals surface area contributed by atoms with Crippen molar-refractivity contribution in [2.75, 3.05) is 0 Å². The van der Waals surface area contributed by atoms with Crippen LogP contribution in [0.5, 0.6) is 17.5 Å². The lowest BCUT2D eigenvalue weighted by Gasteiger charge is -2.10. The highest BCUT2D eigenvalue weighted by Crippen LogP contribution is 2.24. The Morgan fingerprint density at radius 1 is 1.17 bits per heavy atom. The van der Waals surface area contributed by atoms with Crippen LogP contribution in [0.3, 0.4) is 0 Å². The van der Waals surface area contributed by atoms with E-state index in [1.807, 2.05) is 0 Å². The molecule has 0 aliphatic rings. The van der Waals surface area contributed by atoms with E-state index in [1.54, 1.807) is 48.7 Å². The molecule has 0 unspecified atom stereocenters. The number of hydrogen-bond donors (Lipinski definition) is 1. The maximum atomic E-state index is 10.8. The average molecular weight is 345 g/mol. The molecule has 1 N–H and O–H groups in total. The lowest BCUT2D eigenvalue weighted by molar-refractivity contribution is -0.144. The minimum Gasteiger partial charge on any atom is -0.479 e. The summed E-state index contributed by atoms with van der Waals surface area (Å²) in [7, 11) is 0. The van der Waals surface area contributed by atoms with Crippen molar-refractivity contribution in [1.82, 2.24) is 9.97 Å². The maximum absolute atomic E-state index is 10.8. The summed E-state index contributed by atoms with van der Waals surface area (Å²) in [5, 5.41) is 10.3. The third-order valence-electron chi connectivity index (χ3n) is 3.21. The highest BCUT2D eigenvalue weighted by molar-refractivity contribution is 6.31. The van der Waals surface area contributed by atoms with E-state index in [0.717, 1.165) is 10.9 Å². The molecule has 0 amide bonds. The molecular formula is C17H13ClN2O4. The second-order valence-corrected chi connectivity index (χ2v) is 5.46. The molecule has 0 fully saturated rings. The van der Waals surface area contributed by atoms with Crippen molar-refractivity contribution in [2.45, 2.75) is 13.0 Å². The molecule has 1 atom stereocenters. The molecule has 3 aromatic rings. The first-order valence-corrected chi connectivity index (χ1v) is 7.49. The fourth-order valence-electron chi connectivity index (χ4n) is 1.98. The van der Waals surface area contributed by atoms with Crippen LogP contribution in [0.1, 0.15) is 6.92 Å². The Kier molecular flexibility index (Phi) is 4.48. The number of carboxylic acids is 1. The molecule has 1 aromatic heterocycles. The van der Waals surface area contributed by atoms with Gasteiger partial charge in [0.25, 0.3) is 0 Å². The minimum atomic E-state index is -1.03. The van der Waals surface area contributed by atoms with Gasteiger partial charge in [0.2, 0.25) is 0 Å². The van der Waals surface area contributed by atoms with Crippen LogP contribution < -0.4 is 9.47 Å². The molecule has 3 rings (SSSR count). The zero-order chi connectivity index (χ0) is 17.1. The number of aliphatic carboxylic acids is 1. The molecule has 0 radical (unpaired) electrons. The third kappa shape index (κ3) is 3.72. The van der Waals surface area contributed by atoms with Crippen molar-refractivity contribution in [3.05, 3.63) is 53.7 Å². The van der Waals surface area contributed by atoms with Crippen molar-refractivity contribution < 1.29 is 19.4 Å². The van der Waals surface area contributed by atoms with E-state index in [0.29, 0.717) is 16.5 Å². The van der Waals surface area contributed by atoms with E-state index in [9.17, 15) is 4.79 Å². The van der Waals surface area contributed by atoms with Gasteiger partial charge in [0, 0.05) is 16.6 Å². The predicted octanol–water partition coefficient (Wildman–Crippen LogP) is 3.93. The largest absolute Gasteiger partial charge is 0.479 e. The number of aromatic nitrogens is 2. The summed E-state index contributed by atoms with van der Waals surface area (Å²) in [4.78, 5) is 19.2. The van der Waals surface area contributed by atoms with Crippen molar-refractivity contribution >= 4 is 28.5 Å². The van der Waals surface area contributed by atoms with Gasteiger partial charge in [0.15, 0.2) is 6.10 Å². The Bertz CT molecular complexity index is 883. The lowest BCUT2D eigenvalue weighted by Crippen LogP contribution is -2.22. The highest BCUT2D eigenvalue weighted by atomic mass is 35.5. The van der Waals surface area contributed by atoms with Gasteiger partial charge in [-0.05, 0) is 49.4 Å². The van der Waals surface area contributed by atoms with Crippen LogP contribution in [0.15, 0.2) is 48.7 Å². The standard InChI is InChI=1S/C17H13ClN2O4/c1-10(16(21)22)23-13-3-5-14(6-4-13)24-17-19-9-11-8-12(18)2-7-15(11)20-17/h2-10H,1H3,(H,21,22)/t10-/m1/s1. The number of benzene rings is 2. The number of fused-ring (bicyclic) bond motifs is 1. The third-order valence-corrected chi connectivity index (χ3v) is 3.45. The van der Waals surface area contributed by atoms with E-state index < -0.39 is 12.1 Å². The number of rotatable bonds is 5. The first kappa shape index (κ1) is 16.0. The summed E-state index contributed by atoms with van der Waals surface area (Å²) < 4.78 is 10.8. The van der Waals surface area contributed by atoms with Gasteiger partial charge >= 0.3 is 12.0 Å². The normalized spacial score (nSPS) is 11.9. The molecule has 0 aliphatic carbocycles. The van der Waals surface area contributed by atoms with Crippen LogP contribution in [0, 0.1) is 0 Å². The molecule has 0 aliphatic heterocycles. The monoisotopic (exact) mass is 344 g/mol.